The highest BCUT2D eigenvalue weighted by molar-refractivity contribution is 5.96. The molecule has 2 aromatic rings. The third-order valence-corrected chi connectivity index (χ3v) is 8.12. The Labute approximate surface area is 181 Å². The van der Waals surface area contributed by atoms with E-state index in [0.29, 0.717) is 5.69 Å². The van der Waals surface area contributed by atoms with Crippen LogP contribution in [0.3, 0.4) is 0 Å². The number of rotatable bonds is 8. The SMILES string of the molecule is CCCCCCCNC(=O)c1cc(C23CC4CC(CC(C4)C2)C3)c2ccccc2n1. The molecule has 160 valence electrons. The van der Waals surface area contributed by atoms with Gasteiger partial charge in [0.25, 0.3) is 5.91 Å². The standard InChI is InChI=1S/C27H36N2O/c1-2-3-4-5-8-11-28-26(30)25-15-23(22-9-6-7-10-24(22)29-25)27-16-19-12-20(17-27)14-21(13-19)18-27/h6-7,9-10,15,19-21H,2-5,8,11-14,16-18H2,1H3,(H,28,30). The van der Waals surface area contributed by atoms with Gasteiger partial charge in [-0.25, -0.2) is 4.98 Å². The summed E-state index contributed by atoms with van der Waals surface area (Å²) in [5, 5.41) is 4.41. The fraction of sp³-hybridized carbons (Fsp3) is 0.630. The minimum Gasteiger partial charge on any atom is -0.351 e. The summed E-state index contributed by atoms with van der Waals surface area (Å²) in [4.78, 5) is 17.8. The quantitative estimate of drug-likeness (QED) is 0.517. The van der Waals surface area contributed by atoms with E-state index in [4.69, 9.17) is 4.98 Å². The zero-order valence-corrected chi connectivity index (χ0v) is 18.5. The second-order valence-corrected chi connectivity index (χ2v) is 10.4. The molecule has 4 fully saturated rings. The van der Waals surface area contributed by atoms with Gasteiger partial charge >= 0.3 is 0 Å². The Morgan fingerprint density at radius 1 is 1.00 bits per heavy atom. The van der Waals surface area contributed by atoms with Crippen molar-refractivity contribution in [3.8, 4) is 0 Å². The Hall–Kier alpha value is -1.90. The molecular formula is C27H36N2O. The molecule has 3 nitrogen and oxygen atoms in total. The van der Waals surface area contributed by atoms with Crippen LogP contribution < -0.4 is 5.32 Å². The topological polar surface area (TPSA) is 42.0 Å². The summed E-state index contributed by atoms with van der Waals surface area (Å²) in [6, 6.07) is 10.7. The number of aromatic nitrogens is 1. The van der Waals surface area contributed by atoms with Crippen LogP contribution in [0.2, 0.25) is 0 Å². The van der Waals surface area contributed by atoms with Crippen LogP contribution in [0, 0.1) is 17.8 Å². The second-order valence-electron chi connectivity index (χ2n) is 10.4. The van der Waals surface area contributed by atoms with Crippen molar-refractivity contribution in [3.63, 3.8) is 0 Å². The van der Waals surface area contributed by atoms with Crippen LogP contribution in [0.4, 0.5) is 0 Å². The number of amides is 1. The first-order valence-electron chi connectivity index (χ1n) is 12.4. The highest BCUT2D eigenvalue weighted by Gasteiger charge is 2.52. The molecule has 1 N–H and O–H groups in total. The number of nitrogens with zero attached hydrogens (tertiary/aromatic N) is 1. The van der Waals surface area contributed by atoms with Gasteiger partial charge in [-0.05, 0) is 85.8 Å². The summed E-state index contributed by atoms with van der Waals surface area (Å²) in [6.07, 6.45) is 14.3. The van der Waals surface area contributed by atoms with Crippen molar-refractivity contribution in [3.05, 3.63) is 41.6 Å². The van der Waals surface area contributed by atoms with E-state index < -0.39 is 0 Å². The Bertz CT molecular complexity index is 883. The average molecular weight is 405 g/mol. The Balaban J connectivity index is 1.41. The van der Waals surface area contributed by atoms with E-state index in [-0.39, 0.29) is 11.3 Å². The number of unbranched alkanes of at least 4 members (excludes halogenated alkanes) is 4. The number of para-hydroxylation sites is 1. The average Bonchev–Trinajstić information content (AvgIpc) is 2.74. The summed E-state index contributed by atoms with van der Waals surface area (Å²) >= 11 is 0. The summed E-state index contributed by atoms with van der Waals surface area (Å²) < 4.78 is 0. The number of benzene rings is 1. The minimum atomic E-state index is 0.00206. The Kier molecular flexibility index (Phi) is 5.56. The molecule has 4 bridgehead atoms. The van der Waals surface area contributed by atoms with E-state index in [2.05, 4.69) is 36.5 Å². The molecule has 1 aromatic heterocycles. The number of hydrogen-bond acceptors (Lipinski definition) is 2. The van der Waals surface area contributed by atoms with E-state index in [0.717, 1.165) is 36.2 Å². The number of carbonyl (C=O) groups excluding carboxylic acids is 1. The summed E-state index contributed by atoms with van der Waals surface area (Å²) in [5.41, 5.74) is 3.29. The van der Waals surface area contributed by atoms with Crippen molar-refractivity contribution in [1.82, 2.24) is 10.3 Å². The molecule has 0 radical (unpaired) electrons. The van der Waals surface area contributed by atoms with E-state index >= 15 is 0 Å². The molecule has 4 aliphatic carbocycles. The molecule has 0 saturated heterocycles. The number of hydrogen-bond donors (Lipinski definition) is 1. The van der Waals surface area contributed by atoms with Crippen LogP contribution in [-0.2, 0) is 5.41 Å². The first kappa shape index (κ1) is 20.0. The Morgan fingerprint density at radius 3 is 2.37 bits per heavy atom. The van der Waals surface area contributed by atoms with Crippen molar-refractivity contribution in [2.75, 3.05) is 6.54 Å². The van der Waals surface area contributed by atoms with E-state index in [9.17, 15) is 4.79 Å². The molecule has 1 aromatic carbocycles. The molecular weight excluding hydrogens is 368 g/mol. The van der Waals surface area contributed by atoms with Crippen molar-refractivity contribution in [2.45, 2.75) is 83.0 Å². The van der Waals surface area contributed by atoms with Gasteiger partial charge in [0.15, 0.2) is 0 Å². The smallest absolute Gasteiger partial charge is 0.269 e. The van der Waals surface area contributed by atoms with Gasteiger partial charge in [0.05, 0.1) is 5.52 Å². The largest absolute Gasteiger partial charge is 0.351 e. The highest BCUT2D eigenvalue weighted by Crippen LogP contribution is 2.61. The predicted octanol–water partition coefficient (Wildman–Crippen LogP) is 6.40. The molecule has 1 heterocycles. The molecule has 0 atom stereocenters. The minimum absolute atomic E-state index is 0.00206. The normalized spacial score (nSPS) is 29.4. The number of carbonyl (C=O) groups is 1. The van der Waals surface area contributed by atoms with Crippen molar-refractivity contribution >= 4 is 16.8 Å². The van der Waals surface area contributed by atoms with Gasteiger partial charge in [-0.2, -0.15) is 0 Å². The van der Waals surface area contributed by atoms with Crippen LogP contribution in [0.1, 0.15) is 93.6 Å². The summed E-state index contributed by atoms with van der Waals surface area (Å²) in [7, 11) is 0. The molecule has 1 amide bonds. The molecule has 3 heteroatoms. The number of nitrogens with one attached hydrogen (secondary N) is 1. The second kappa shape index (κ2) is 8.32. The first-order valence-corrected chi connectivity index (χ1v) is 12.4. The van der Waals surface area contributed by atoms with Gasteiger partial charge in [0.2, 0.25) is 0 Å². The van der Waals surface area contributed by atoms with Crippen LogP contribution in [0.5, 0.6) is 0 Å². The molecule has 30 heavy (non-hydrogen) atoms. The zero-order valence-electron chi connectivity index (χ0n) is 18.5. The fourth-order valence-electron chi connectivity index (χ4n) is 7.19. The lowest BCUT2D eigenvalue weighted by atomic mass is 9.48. The lowest BCUT2D eigenvalue weighted by molar-refractivity contribution is -0.00453. The number of pyridine rings is 1. The molecule has 0 aliphatic heterocycles. The molecule has 0 unspecified atom stereocenters. The molecule has 0 spiro atoms. The monoisotopic (exact) mass is 404 g/mol. The van der Waals surface area contributed by atoms with Crippen molar-refractivity contribution < 1.29 is 4.79 Å². The van der Waals surface area contributed by atoms with Crippen LogP contribution in [0.25, 0.3) is 10.9 Å². The van der Waals surface area contributed by atoms with Gasteiger partial charge in [0.1, 0.15) is 5.69 Å². The molecule has 4 saturated carbocycles. The van der Waals surface area contributed by atoms with E-state index in [1.807, 2.05) is 6.07 Å². The summed E-state index contributed by atoms with van der Waals surface area (Å²) in [6.45, 7) is 2.98. The van der Waals surface area contributed by atoms with Crippen molar-refractivity contribution in [2.24, 2.45) is 17.8 Å². The van der Waals surface area contributed by atoms with E-state index in [1.165, 1.54) is 75.2 Å². The zero-order chi connectivity index (χ0) is 20.6. The third-order valence-electron chi connectivity index (χ3n) is 8.12. The lowest BCUT2D eigenvalue weighted by Gasteiger charge is -2.57. The van der Waals surface area contributed by atoms with Gasteiger partial charge < -0.3 is 5.32 Å². The van der Waals surface area contributed by atoms with Gasteiger partial charge in [-0.3, -0.25) is 4.79 Å². The lowest BCUT2D eigenvalue weighted by Crippen LogP contribution is -2.48. The Morgan fingerprint density at radius 2 is 1.67 bits per heavy atom. The fourth-order valence-corrected chi connectivity index (χ4v) is 7.19. The highest BCUT2D eigenvalue weighted by atomic mass is 16.1. The van der Waals surface area contributed by atoms with Gasteiger partial charge in [-0.15, -0.1) is 0 Å². The van der Waals surface area contributed by atoms with Crippen LogP contribution >= 0.6 is 0 Å². The van der Waals surface area contributed by atoms with Gasteiger partial charge in [-0.1, -0.05) is 50.8 Å². The van der Waals surface area contributed by atoms with Crippen molar-refractivity contribution in [1.29, 1.82) is 0 Å². The van der Waals surface area contributed by atoms with E-state index in [1.54, 1.807) is 0 Å². The molecule has 4 aliphatic rings. The number of fused-ring (bicyclic) bond motifs is 1. The maximum atomic E-state index is 13.0. The predicted molar refractivity (Wildman–Crippen MR) is 123 cm³/mol. The van der Waals surface area contributed by atoms with Gasteiger partial charge in [0, 0.05) is 11.9 Å². The summed E-state index contributed by atoms with van der Waals surface area (Å²) in [5.74, 6) is 2.68. The molecule has 6 rings (SSSR count). The first-order chi connectivity index (χ1) is 14.7. The third kappa shape index (κ3) is 3.76. The maximum absolute atomic E-state index is 13.0. The van der Waals surface area contributed by atoms with Crippen LogP contribution in [0.15, 0.2) is 30.3 Å². The van der Waals surface area contributed by atoms with Crippen LogP contribution in [-0.4, -0.2) is 17.4 Å². The maximum Gasteiger partial charge on any atom is 0.269 e.